The van der Waals surface area contributed by atoms with E-state index in [4.69, 9.17) is 0 Å². The fourth-order valence-corrected chi connectivity index (χ4v) is 3.22. The molecule has 1 aromatic carbocycles. The molecule has 2 saturated carbocycles. The zero-order chi connectivity index (χ0) is 12.4. The fraction of sp³-hybridized carbons (Fsp3) is 0.647. The van der Waals surface area contributed by atoms with Crippen LogP contribution in [0.4, 0.5) is 5.69 Å². The van der Waals surface area contributed by atoms with Crippen LogP contribution in [0.5, 0.6) is 0 Å². The van der Waals surface area contributed by atoms with Crippen molar-refractivity contribution in [2.75, 3.05) is 11.4 Å². The van der Waals surface area contributed by atoms with Gasteiger partial charge in [-0.1, -0.05) is 25.1 Å². The van der Waals surface area contributed by atoms with E-state index in [1.807, 2.05) is 0 Å². The van der Waals surface area contributed by atoms with Gasteiger partial charge in [0.05, 0.1) is 0 Å². The molecule has 0 N–H and O–H groups in total. The van der Waals surface area contributed by atoms with Gasteiger partial charge in [-0.05, 0) is 62.5 Å². The second-order valence-electron chi connectivity index (χ2n) is 6.34. The summed E-state index contributed by atoms with van der Waals surface area (Å²) in [7, 11) is 0. The van der Waals surface area contributed by atoms with Crippen molar-refractivity contribution in [2.24, 2.45) is 11.8 Å². The summed E-state index contributed by atoms with van der Waals surface area (Å²) in [6.07, 6.45) is 8.52. The molecule has 18 heavy (non-hydrogen) atoms. The third-order valence-electron chi connectivity index (χ3n) is 4.67. The number of hydrogen-bond donors (Lipinski definition) is 0. The highest BCUT2D eigenvalue weighted by atomic mass is 15.2. The van der Waals surface area contributed by atoms with Gasteiger partial charge in [-0.25, -0.2) is 0 Å². The number of rotatable bonds is 4. The third kappa shape index (κ3) is 2.88. The molecule has 0 spiro atoms. The molecule has 0 aliphatic heterocycles. The molecule has 1 nitrogen and oxygen atoms in total. The molecule has 2 aliphatic rings. The number of hydrogen-bond acceptors (Lipinski definition) is 1. The Labute approximate surface area is 111 Å². The lowest BCUT2D eigenvalue weighted by Crippen LogP contribution is -2.39. The lowest BCUT2D eigenvalue weighted by atomic mass is 9.86. The van der Waals surface area contributed by atoms with Crippen molar-refractivity contribution >= 4 is 5.69 Å². The molecule has 3 rings (SSSR count). The van der Waals surface area contributed by atoms with E-state index >= 15 is 0 Å². The summed E-state index contributed by atoms with van der Waals surface area (Å²) in [5.74, 6) is 1.92. The Morgan fingerprint density at radius 2 is 1.61 bits per heavy atom. The van der Waals surface area contributed by atoms with Crippen molar-refractivity contribution < 1.29 is 0 Å². The van der Waals surface area contributed by atoms with Crippen molar-refractivity contribution in [2.45, 2.75) is 51.5 Å². The smallest absolute Gasteiger partial charge is 0.0368 e. The van der Waals surface area contributed by atoms with Crippen molar-refractivity contribution in [3.8, 4) is 0 Å². The Morgan fingerprint density at radius 1 is 0.944 bits per heavy atom. The Morgan fingerprint density at radius 3 is 2.22 bits per heavy atom. The van der Waals surface area contributed by atoms with E-state index in [0.717, 1.165) is 17.9 Å². The Kier molecular flexibility index (Phi) is 3.58. The summed E-state index contributed by atoms with van der Waals surface area (Å²) in [5.41, 5.74) is 1.45. The number of benzene rings is 1. The van der Waals surface area contributed by atoms with Gasteiger partial charge in [0.15, 0.2) is 0 Å². The molecule has 98 valence electrons. The molecule has 0 radical (unpaired) electrons. The minimum absolute atomic E-state index is 0.796. The monoisotopic (exact) mass is 243 g/mol. The quantitative estimate of drug-likeness (QED) is 0.753. The second kappa shape index (κ2) is 5.34. The van der Waals surface area contributed by atoms with Crippen LogP contribution in [0.2, 0.25) is 0 Å². The molecule has 2 fully saturated rings. The van der Waals surface area contributed by atoms with E-state index in [2.05, 4.69) is 42.2 Å². The van der Waals surface area contributed by atoms with Gasteiger partial charge < -0.3 is 4.90 Å². The molecule has 0 atom stereocenters. The standard InChI is InChI=1S/C17H25N/c1-14-7-11-17(12-8-14)18(13-15-9-10-15)16-5-3-2-4-6-16/h2-6,14-15,17H,7-13H2,1H3/t14-,17-. The average Bonchev–Trinajstić information content (AvgIpc) is 3.22. The predicted molar refractivity (Wildman–Crippen MR) is 77.9 cm³/mol. The normalized spacial score (nSPS) is 28.1. The first kappa shape index (κ1) is 12.1. The maximum Gasteiger partial charge on any atom is 0.0368 e. The summed E-state index contributed by atoms with van der Waals surface area (Å²) in [6.45, 7) is 3.70. The topological polar surface area (TPSA) is 3.24 Å². The second-order valence-corrected chi connectivity index (χ2v) is 6.34. The minimum atomic E-state index is 0.796. The highest BCUT2D eigenvalue weighted by Gasteiger charge is 2.30. The van der Waals surface area contributed by atoms with E-state index in [0.29, 0.717) is 0 Å². The Balaban J connectivity index is 1.72. The molecule has 0 heterocycles. The largest absolute Gasteiger partial charge is 0.368 e. The van der Waals surface area contributed by atoms with Crippen LogP contribution in [0, 0.1) is 11.8 Å². The van der Waals surface area contributed by atoms with Gasteiger partial charge in [0.2, 0.25) is 0 Å². The van der Waals surface area contributed by atoms with Crippen LogP contribution in [-0.4, -0.2) is 12.6 Å². The van der Waals surface area contributed by atoms with Crippen molar-refractivity contribution in [1.29, 1.82) is 0 Å². The summed E-state index contributed by atoms with van der Waals surface area (Å²) >= 11 is 0. The van der Waals surface area contributed by atoms with Gasteiger partial charge in [-0.2, -0.15) is 0 Å². The van der Waals surface area contributed by atoms with Gasteiger partial charge in [-0.3, -0.25) is 0 Å². The van der Waals surface area contributed by atoms with E-state index < -0.39 is 0 Å². The summed E-state index contributed by atoms with van der Waals surface area (Å²) in [5, 5.41) is 0. The van der Waals surface area contributed by atoms with Gasteiger partial charge in [0.1, 0.15) is 0 Å². The Hall–Kier alpha value is -0.980. The summed E-state index contributed by atoms with van der Waals surface area (Å²) in [6, 6.07) is 11.9. The molecular weight excluding hydrogens is 218 g/mol. The van der Waals surface area contributed by atoms with Crippen LogP contribution < -0.4 is 4.90 Å². The molecule has 1 heteroatoms. The van der Waals surface area contributed by atoms with Crippen molar-refractivity contribution in [3.63, 3.8) is 0 Å². The number of anilines is 1. The molecule has 1 aromatic rings. The molecule has 0 bridgehead atoms. The zero-order valence-electron chi connectivity index (χ0n) is 11.5. The zero-order valence-corrected chi connectivity index (χ0v) is 11.5. The molecule has 0 saturated heterocycles. The van der Waals surface area contributed by atoms with Gasteiger partial charge in [0, 0.05) is 18.3 Å². The lowest BCUT2D eigenvalue weighted by molar-refractivity contribution is 0.332. The Bertz CT molecular complexity index is 360. The van der Waals surface area contributed by atoms with E-state index in [1.165, 1.54) is 50.8 Å². The van der Waals surface area contributed by atoms with Crippen LogP contribution in [0.15, 0.2) is 30.3 Å². The molecule has 0 amide bonds. The third-order valence-corrected chi connectivity index (χ3v) is 4.67. The maximum atomic E-state index is 2.71. The first-order chi connectivity index (χ1) is 8.83. The molecule has 2 aliphatic carbocycles. The van der Waals surface area contributed by atoms with Crippen LogP contribution in [0.25, 0.3) is 0 Å². The van der Waals surface area contributed by atoms with E-state index in [1.54, 1.807) is 0 Å². The van der Waals surface area contributed by atoms with Crippen molar-refractivity contribution in [1.82, 2.24) is 0 Å². The van der Waals surface area contributed by atoms with E-state index in [9.17, 15) is 0 Å². The maximum absolute atomic E-state index is 2.71. The fourth-order valence-electron chi connectivity index (χ4n) is 3.22. The number of para-hydroxylation sites is 1. The number of nitrogens with zero attached hydrogens (tertiary/aromatic N) is 1. The summed E-state index contributed by atoms with van der Waals surface area (Å²) < 4.78 is 0. The molecule has 0 unspecified atom stereocenters. The minimum Gasteiger partial charge on any atom is -0.368 e. The summed E-state index contributed by atoms with van der Waals surface area (Å²) in [4.78, 5) is 2.71. The predicted octanol–water partition coefficient (Wildman–Crippen LogP) is 4.48. The van der Waals surface area contributed by atoms with Gasteiger partial charge in [0.25, 0.3) is 0 Å². The first-order valence-electron chi connectivity index (χ1n) is 7.64. The first-order valence-corrected chi connectivity index (χ1v) is 7.64. The van der Waals surface area contributed by atoms with Crippen LogP contribution >= 0.6 is 0 Å². The van der Waals surface area contributed by atoms with Crippen LogP contribution in [0.3, 0.4) is 0 Å². The average molecular weight is 243 g/mol. The SMILES string of the molecule is C[C@H]1CC[C@H](N(CC2CC2)c2ccccc2)CC1. The van der Waals surface area contributed by atoms with E-state index in [-0.39, 0.29) is 0 Å². The highest BCUT2D eigenvalue weighted by molar-refractivity contribution is 5.47. The van der Waals surface area contributed by atoms with Crippen LogP contribution in [-0.2, 0) is 0 Å². The highest BCUT2D eigenvalue weighted by Crippen LogP contribution is 2.35. The van der Waals surface area contributed by atoms with Crippen LogP contribution in [0.1, 0.15) is 45.4 Å². The van der Waals surface area contributed by atoms with Gasteiger partial charge in [-0.15, -0.1) is 0 Å². The lowest BCUT2D eigenvalue weighted by Gasteiger charge is -2.38. The molecular formula is C17H25N. The van der Waals surface area contributed by atoms with Gasteiger partial charge >= 0.3 is 0 Å². The molecule has 0 aromatic heterocycles. The van der Waals surface area contributed by atoms with Crippen molar-refractivity contribution in [3.05, 3.63) is 30.3 Å².